The number of thioether (sulfide) groups is 1. The highest BCUT2D eigenvalue weighted by molar-refractivity contribution is 8.00. The van der Waals surface area contributed by atoms with Crippen molar-refractivity contribution in [3.63, 3.8) is 0 Å². The number of thiophene rings is 1. The van der Waals surface area contributed by atoms with Gasteiger partial charge < -0.3 is 4.57 Å². The zero-order valence-corrected chi connectivity index (χ0v) is 13.0. The molecule has 0 aliphatic rings. The van der Waals surface area contributed by atoms with Crippen LogP contribution in [0.2, 0.25) is 0 Å². The second-order valence-corrected chi connectivity index (χ2v) is 8.47. The predicted octanol–water partition coefficient (Wildman–Crippen LogP) is 1.72. The van der Waals surface area contributed by atoms with Crippen molar-refractivity contribution in [2.24, 2.45) is 0 Å². The summed E-state index contributed by atoms with van der Waals surface area (Å²) in [6.07, 6.45) is 3.88. The molecule has 2 rings (SSSR count). The van der Waals surface area contributed by atoms with E-state index in [9.17, 15) is 8.42 Å². The molecule has 0 saturated carbocycles. The summed E-state index contributed by atoms with van der Waals surface area (Å²) in [5.41, 5.74) is 0. The first-order valence-electron chi connectivity index (χ1n) is 5.75. The first-order valence-corrected chi connectivity index (χ1v) is 9.68. The zero-order valence-electron chi connectivity index (χ0n) is 10.5. The molecule has 5 nitrogen and oxygen atoms in total. The van der Waals surface area contributed by atoms with Gasteiger partial charge in [-0.25, -0.2) is 8.42 Å². The molecule has 2 aromatic heterocycles. The van der Waals surface area contributed by atoms with Crippen LogP contribution in [0.1, 0.15) is 4.88 Å². The van der Waals surface area contributed by atoms with Crippen molar-refractivity contribution in [2.75, 3.05) is 17.8 Å². The lowest BCUT2D eigenvalue weighted by molar-refractivity contribution is 0.603. The average molecular weight is 317 g/mol. The Bertz CT molecular complexity index is 605. The highest BCUT2D eigenvalue weighted by atomic mass is 32.2. The van der Waals surface area contributed by atoms with Crippen LogP contribution in [0.5, 0.6) is 0 Å². The highest BCUT2D eigenvalue weighted by Crippen LogP contribution is 2.16. The maximum atomic E-state index is 11.1. The molecular formula is C11H15N3O2S3. The van der Waals surface area contributed by atoms with Gasteiger partial charge in [0.05, 0.1) is 5.75 Å². The van der Waals surface area contributed by atoms with Crippen molar-refractivity contribution >= 4 is 32.9 Å². The molecule has 0 spiro atoms. The summed E-state index contributed by atoms with van der Waals surface area (Å²) in [5.74, 6) is 0.673. The monoisotopic (exact) mass is 317 g/mol. The molecule has 0 unspecified atom stereocenters. The van der Waals surface area contributed by atoms with E-state index in [1.807, 2.05) is 10.6 Å². The van der Waals surface area contributed by atoms with E-state index in [1.165, 1.54) is 22.9 Å². The summed E-state index contributed by atoms with van der Waals surface area (Å²) >= 11 is 3.16. The molecule has 0 aliphatic heterocycles. The van der Waals surface area contributed by atoms with Gasteiger partial charge in [-0.3, -0.25) is 0 Å². The Morgan fingerprint density at radius 2 is 2.32 bits per heavy atom. The smallest absolute Gasteiger partial charge is 0.191 e. The van der Waals surface area contributed by atoms with E-state index in [0.717, 1.165) is 18.1 Å². The van der Waals surface area contributed by atoms with Gasteiger partial charge >= 0.3 is 0 Å². The van der Waals surface area contributed by atoms with Crippen LogP contribution in [-0.4, -0.2) is 40.9 Å². The molecule has 2 aromatic rings. The van der Waals surface area contributed by atoms with Crippen LogP contribution < -0.4 is 0 Å². The van der Waals surface area contributed by atoms with Gasteiger partial charge in [-0.2, -0.15) is 0 Å². The van der Waals surface area contributed by atoms with Crippen LogP contribution in [0.3, 0.4) is 0 Å². The van der Waals surface area contributed by atoms with E-state index in [-0.39, 0.29) is 5.75 Å². The highest BCUT2D eigenvalue weighted by Gasteiger charge is 2.08. The van der Waals surface area contributed by atoms with Crippen LogP contribution in [0.15, 0.2) is 29.0 Å². The van der Waals surface area contributed by atoms with Crippen LogP contribution in [0.4, 0.5) is 0 Å². The Labute approximate surface area is 121 Å². The molecule has 19 heavy (non-hydrogen) atoms. The molecule has 0 bridgehead atoms. The van der Waals surface area contributed by atoms with E-state index in [4.69, 9.17) is 0 Å². The maximum absolute atomic E-state index is 11.1. The van der Waals surface area contributed by atoms with E-state index in [0.29, 0.717) is 5.75 Å². The first kappa shape index (κ1) is 14.5. The summed E-state index contributed by atoms with van der Waals surface area (Å²) in [5, 5.41) is 10.7. The van der Waals surface area contributed by atoms with E-state index in [2.05, 4.69) is 21.6 Å². The molecule has 104 valence electrons. The van der Waals surface area contributed by atoms with Gasteiger partial charge in [0.15, 0.2) is 5.16 Å². The summed E-state index contributed by atoms with van der Waals surface area (Å²) in [6, 6.07) is 4.14. The molecule has 0 aliphatic carbocycles. The molecule has 0 amide bonds. The Morgan fingerprint density at radius 3 is 3.00 bits per heavy atom. The third kappa shape index (κ3) is 4.96. The van der Waals surface area contributed by atoms with Crippen LogP contribution in [-0.2, 0) is 22.8 Å². The summed E-state index contributed by atoms with van der Waals surface area (Å²) < 4.78 is 24.1. The number of nitrogens with zero attached hydrogens (tertiary/aromatic N) is 3. The van der Waals surface area contributed by atoms with Crippen LogP contribution in [0, 0.1) is 0 Å². The van der Waals surface area contributed by atoms with Crippen LogP contribution >= 0.6 is 23.1 Å². The number of hydrogen-bond donors (Lipinski definition) is 0. The number of sulfone groups is 1. The molecule has 0 atom stereocenters. The van der Waals surface area contributed by atoms with Crippen molar-refractivity contribution in [2.45, 2.75) is 18.1 Å². The Morgan fingerprint density at radius 1 is 1.47 bits per heavy atom. The van der Waals surface area contributed by atoms with Gasteiger partial charge in [0.25, 0.3) is 0 Å². The van der Waals surface area contributed by atoms with Crippen molar-refractivity contribution in [3.8, 4) is 0 Å². The van der Waals surface area contributed by atoms with Crippen molar-refractivity contribution in [1.82, 2.24) is 14.8 Å². The number of rotatable bonds is 7. The minimum Gasteiger partial charge on any atom is -0.308 e. The molecule has 2 heterocycles. The van der Waals surface area contributed by atoms with Gasteiger partial charge in [0.2, 0.25) is 0 Å². The normalized spacial score (nSPS) is 11.8. The Kier molecular flexibility index (Phi) is 5.00. The number of aromatic nitrogens is 3. The zero-order chi connectivity index (χ0) is 13.7. The summed E-state index contributed by atoms with van der Waals surface area (Å²) in [7, 11) is -2.91. The lowest BCUT2D eigenvalue weighted by Crippen LogP contribution is -2.07. The fourth-order valence-corrected chi connectivity index (χ4v) is 4.31. The van der Waals surface area contributed by atoms with Gasteiger partial charge in [0.1, 0.15) is 16.2 Å². The Balaban J connectivity index is 1.87. The molecule has 0 N–H and O–H groups in total. The number of hydrogen-bond acceptors (Lipinski definition) is 6. The maximum Gasteiger partial charge on any atom is 0.191 e. The average Bonchev–Trinajstić information content (AvgIpc) is 2.95. The van der Waals surface area contributed by atoms with Gasteiger partial charge in [-0.05, 0) is 17.9 Å². The SMILES string of the molecule is CS(=O)(=O)CCSc1nncn1CCc1cccs1. The molecule has 0 radical (unpaired) electrons. The van der Waals surface area contributed by atoms with Crippen LogP contribution in [0.25, 0.3) is 0 Å². The molecule has 0 aromatic carbocycles. The third-order valence-electron chi connectivity index (χ3n) is 2.44. The topological polar surface area (TPSA) is 64.8 Å². The van der Waals surface area contributed by atoms with Gasteiger partial charge in [0, 0.05) is 23.4 Å². The molecule has 8 heteroatoms. The first-order chi connectivity index (χ1) is 9.04. The minimum absolute atomic E-state index is 0.162. The molecule has 0 fully saturated rings. The van der Waals surface area contributed by atoms with Crippen molar-refractivity contribution < 1.29 is 8.42 Å². The summed E-state index contributed by atoms with van der Waals surface area (Å²) in [6.45, 7) is 0.814. The standard InChI is InChI=1S/C11H15N3O2S3/c1-19(15,16)8-7-18-11-13-12-9-14(11)5-4-10-3-2-6-17-10/h2-3,6,9H,4-5,7-8H2,1H3. The summed E-state index contributed by atoms with van der Waals surface area (Å²) in [4.78, 5) is 1.32. The lowest BCUT2D eigenvalue weighted by atomic mass is 10.3. The second kappa shape index (κ2) is 6.53. The molecular weight excluding hydrogens is 302 g/mol. The van der Waals surface area contributed by atoms with E-state index in [1.54, 1.807) is 17.7 Å². The number of aryl methyl sites for hydroxylation is 2. The molecule has 0 saturated heterocycles. The van der Waals surface area contributed by atoms with E-state index < -0.39 is 9.84 Å². The lowest BCUT2D eigenvalue weighted by Gasteiger charge is -2.04. The van der Waals surface area contributed by atoms with Gasteiger partial charge in [-0.15, -0.1) is 21.5 Å². The fraction of sp³-hybridized carbons (Fsp3) is 0.455. The second-order valence-electron chi connectivity index (χ2n) is 4.11. The van der Waals surface area contributed by atoms with Crippen molar-refractivity contribution in [1.29, 1.82) is 0 Å². The quantitative estimate of drug-likeness (QED) is 0.728. The van der Waals surface area contributed by atoms with Gasteiger partial charge in [-0.1, -0.05) is 17.8 Å². The largest absolute Gasteiger partial charge is 0.308 e. The minimum atomic E-state index is -2.91. The van der Waals surface area contributed by atoms with E-state index >= 15 is 0 Å². The predicted molar refractivity (Wildman–Crippen MR) is 78.5 cm³/mol. The Hall–Kier alpha value is -0.860. The van der Waals surface area contributed by atoms with Crippen molar-refractivity contribution in [3.05, 3.63) is 28.7 Å². The fourth-order valence-electron chi connectivity index (χ4n) is 1.48. The third-order valence-corrected chi connectivity index (χ3v) is 5.57.